The third kappa shape index (κ3) is 9.21. The number of carbonyl (C=O) groups is 4. The molecule has 15 nitrogen and oxygen atoms in total. The fourth-order valence-corrected chi connectivity index (χ4v) is 10.2. The van der Waals surface area contributed by atoms with Gasteiger partial charge in [-0.05, 0) is 99.0 Å². The number of aliphatic imine (C=N–C) groups is 2. The van der Waals surface area contributed by atoms with Gasteiger partial charge in [0.1, 0.15) is 46.6 Å². The Morgan fingerprint density at radius 2 is 1.11 bits per heavy atom. The molecule has 0 bridgehead atoms. The highest BCUT2D eigenvalue weighted by Crippen LogP contribution is 2.55. The van der Waals surface area contributed by atoms with E-state index in [1.165, 1.54) is 5.56 Å². The largest absolute Gasteiger partial charge is 0.464 e. The number of para-hydroxylation sites is 1. The molecule has 0 saturated carbocycles. The molecule has 9 rings (SSSR count). The van der Waals surface area contributed by atoms with E-state index in [1.807, 2.05) is 88.9 Å². The number of rotatable bonds is 16. The van der Waals surface area contributed by atoms with Crippen LogP contribution in [-0.4, -0.2) is 98.7 Å². The minimum absolute atomic E-state index is 0.0603. The molecule has 1 fully saturated rings. The monoisotopic (exact) mass is 966 g/mol. The second-order valence-corrected chi connectivity index (χ2v) is 20.0. The molecule has 0 amide bonds. The van der Waals surface area contributed by atoms with E-state index in [1.54, 1.807) is 24.3 Å². The van der Waals surface area contributed by atoms with Gasteiger partial charge in [-0.25, -0.2) is 0 Å². The van der Waals surface area contributed by atoms with E-state index in [2.05, 4.69) is 49.6 Å². The molecule has 1 saturated heterocycles. The van der Waals surface area contributed by atoms with Crippen molar-refractivity contribution < 1.29 is 52.3 Å². The molecule has 4 aliphatic heterocycles. The van der Waals surface area contributed by atoms with E-state index in [-0.39, 0.29) is 44.3 Å². The quantitative estimate of drug-likeness (QED) is 0.0679. The Morgan fingerprint density at radius 3 is 1.61 bits per heavy atom. The minimum atomic E-state index is -0.835. The molecule has 5 aromatic carbocycles. The number of carbonyl (C=O) groups excluding carboxylic acids is 4. The zero-order chi connectivity index (χ0) is 50.3. The Labute approximate surface area is 414 Å². The highest BCUT2D eigenvalue weighted by atomic mass is 16.6. The van der Waals surface area contributed by atoms with E-state index in [0.717, 1.165) is 40.2 Å². The van der Waals surface area contributed by atoms with Gasteiger partial charge in [-0.15, -0.1) is 0 Å². The number of ether oxygens (including phenoxy) is 7. The van der Waals surface area contributed by atoms with Gasteiger partial charge in [0.05, 0.1) is 56.7 Å². The summed E-state index contributed by atoms with van der Waals surface area (Å²) < 4.78 is 41.8. The highest BCUT2D eigenvalue weighted by molar-refractivity contribution is 6.01. The van der Waals surface area contributed by atoms with E-state index in [9.17, 15) is 19.2 Å². The van der Waals surface area contributed by atoms with Crippen LogP contribution in [0, 0.1) is 5.41 Å². The van der Waals surface area contributed by atoms with Gasteiger partial charge >= 0.3 is 23.9 Å². The molecule has 4 unspecified atom stereocenters. The number of fused-ring (bicyclic) bond motifs is 7. The number of nitrogens with zero attached hydrogens (tertiary/aromatic N) is 4. The Balaban J connectivity index is 0.703. The van der Waals surface area contributed by atoms with Crippen molar-refractivity contribution in [1.82, 2.24) is 4.90 Å². The second-order valence-electron chi connectivity index (χ2n) is 20.0. The van der Waals surface area contributed by atoms with Gasteiger partial charge in [0.2, 0.25) is 11.4 Å². The van der Waals surface area contributed by atoms with Gasteiger partial charge in [0, 0.05) is 35.5 Å². The first-order valence-electron chi connectivity index (χ1n) is 24.5. The van der Waals surface area contributed by atoms with Crippen LogP contribution in [0.3, 0.4) is 0 Å². The Morgan fingerprint density at radius 1 is 0.634 bits per heavy atom. The number of hydrogen-bond acceptors (Lipinski definition) is 15. The summed E-state index contributed by atoms with van der Waals surface area (Å²) in [4.78, 5) is 65.6. The fraction of sp³-hybridized carbons (Fsp3) is 0.429. The van der Waals surface area contributed by atoms with Crippen LogP contribution in [0.25, 0.3) is 21.5 Å². The minimum Gasteiger partial charge on any atom is -0.464 e. The summed E-state index contributed by atoms with van der Waals surface area (Å²) in [6.45, 7) is 13.4. The fourth-order valence-electron chi connectivity index (χ4n) is 10.2. The van der Waals surface area contributed by atoms with Crippen LogP contribution < -0.4 is 23.8 Å². The molecule has 5 aromatic rings. The lowest BCUT2D eigenvalue weighted by Crippen LogP contribution is -2.61. The lowest BCUT2D eigenvalue weighted by molar-refractivity contribution is -0.158. The maximum Gasteiger partial charge on any atom is 0.311 e. The Bertz CT molecular complexity index is 2970. The molecule has 4 atom stereocenters. The van der Waals surface area contributed by atoms with Crippen molar-refractivity contribution in [2.75, 3.05) is 38.8 Å². The molecule has 0 aromatic heterocycles. The van der Waals surface area contributed by atoms with Crippen LogP contribution in [0.15, 0.2) is 94.9 Å². The molecule has 372 valence electrons. The summed E-state index contributed by atoms with van der Waals surface area (Å²) >= 11 is 0. The second kappa shape index (κ2) is 19.4. The van der Waals surface area contributed by atoms with Gasteiger partial charge < -0.3 is 38.1 Å². The first-order chi connectivity index (χ1) is 34.0. The molecular formula is C56H62N4O11. The molecule has 0 N–H and O–H groups in total. The average molecular weight is 967 g/mol. The summed E-state index contributed by atoms with van der Waals surface area (Å²) in [5.74, 6) is -0.379. The molecule has 15 heteroatoms. The third-order valence-corrected chi connectivity index (χ3v) is 14.7. The maximum atomic E-state index is 13.0. The molecule has 4 aliphatic rings. The number of likely N-dealkylation sites (N-methyl/N-ethyl adjacent to an activating group) is 1. The van der Waals surface area contributed by atoms with Crippen molar-refractivity contribution in [2.45, 2.75) is 116 Å². The van der Waals surface area contributed by atoms with Gasteiger partial charge in [0.25, 0.3) is 0 Å². The third-order valence-electron chi connectivity index (χ3n) is 14.7. The lowest BCUT2D eigenvalue weighted by Gasteiger charge is -2.45. The maximum absolute atomic E-state index is 13.0. The van der Waals surface area contributed by atoms with Gasteiger partial charge in [0.15, 0.2) is 0 Å². The van der Waals surface area contributed by atoms with Crippen LogP contribution in [0.4, 0.5) is 17.1 Å². The zero-order valence-electron chi connectivity index (χ0n) is 41.7. The molecule has 4 heterocycles. The predicted octanol–water partition coefficient (Wildman–Crippen LogP) is 10.1. The van der Waals surface area contributed by atoms with E-state index >= 15 is 0 Å². The molecular weight excluding hydrogens is 905 g/mol. The first-order valence-corrected chi connectivity index (χ1v) is 24.5. The summed E-state index contributed by atoms with van der Waals surface area (Å²) in [6.07, 6.45) is 3.73. The van der Waals surface area contributed by atoms with Crippen LogP contribution in [0.5, 0.6) is 23.0 Å². The van der Waals surface area contributed by atoms with E-state index < -0.39 is 53.0 Å². The van der Waals surface area contributed by atoms with E-state index in [4.69, 9.17) is 43.1 Å². The smallest absolute Gasteiger partial charge is 0.311 e. The lowest BCUT2D eigenvalue weighted by atomic mass is 9.77. The molecule has 71 heavy (non-hydrogen) atoms. The van der Waals surface area contributed by atoms with Gasteiger partial charge in [-0.3, -0.25) is 34.1 Å². The number of anilines is 1. The van der Waals surface area contributed by atoms with Crippen LogP contribution in [0.2, 0.25) is 0 Å². The number of esters is 4. The number of likely N-dealkylation sites (tertiary alicyclic amines) is 1. The number of benzene rings is 5. The molecule has 0 aliphatic carbocycles. The average Bonchev–Trinajstić information content (AvgIpc) is 3.67. The predicted molar refractivity (Wildman–Crippen MR) is 271 cm³/mol. The van der Waals surface area contributed by atoms with Crippen LogP contribution in [-0.2, 0) is 38.8 Å². The van der Waals surface area contributed by atoms with Crippen molar-refractivity contribution in [2.24, 2.45) is 15.4 Å². The summed E-state index contributed by atoms with van der Waals surface area (Å²) in [5, 5.41) is 3.37. The molecule has 0 radical (unpaired) electrons. The van der Waals surface area contributed by atoms with Crippen molar-refractivity contribution in [3.63, 3.8) is 0 Å². The van der Waals surface area contributed by atoms with Crippen LogP contribution >= 0.6 is 0 Å². The van der Waals surface area contributed by atoms with Gasteiger partial charge in [-0.1, -0.05) is 70.2 Å². The highest BCUT2D eigenvalue weighted by Gasteiger charge is 2.59. The van der Waals surface area contributed by atoms with Crippen LogP contribution in [0.1, 0.15) is 92.1 Å². The van der Waals surface area contributed by atoms with E-state index in [0.29, 0.717) is 47.2 Å². The SMILES string of the molecule is CCC(COCC(CC)OC(=O)CCC(=O)Oc1ccc2ccc3c(c2c1)N=CC1(O3)N(C)c2ccccc2C1(C)C)OC(=O)CCC(=O)Oc1ccc2ccc3c(c2c1)N=CC1(O3)N(C)CCC1(C)C. The Kier molecular flexibility index (Phi) is 13.4. The molecule has 2 spiro atoms. The summed E-state index contributed by atoms with van der Waals surface area (Å²) in [5.41, 5.74) is 1.54. The summed E-state index contributed by atoms with van der Waals surface area (Å²) in [6, 6.07) is 26.7. The summed E-state index contributed by atoms with van der Waals surface area (Å²) in [7, 11) is 4.05. The standard InChI is InChI=1S/C56H62N4O11/c1-9-37(66-47(61)23-25-49(63)68-39-19-15-35-17-21-45-51(41(35)29-39)57-33-55(70-45)53(3,4)27-28-59(55)7)31-65-32-38(10-2)67-48(62)24-26-50(64)69-40-20-16-36-18-22-46-52(42(36)30-40)58-34-56(71-46)54(5,6)43-13-11-12-14-44(43)60(56)8/h11-22,29-30,33-34,37-38H,9-10,23-28,31-32H2,1-8H3. The van der Waals surface area contributed by atoms with Crippen molar-refractivity contribution >= 4 is 74.9 Å². The zero-order valence-corrected chi connectivity index (χ0v) is 41.7. The van der Waals surface area contributed by atoms with Gasteiger partial charge in [-0.2, -0.15) is 0 Å². The first kappa shape index (κ1) is 49.2. The normalized spacial score (nSPS) is 21.0. The van der Waals surface area contributed by atoms with Crippen molar-refractivity contribution in [3.8, 4) is 23.0 Å². The number of hydrogen-bond donors (Lipinski definition) is 0. The topological polar surface area (TPSA) is 164 Å². The van der Waals surface area contributed by atoms with Crippen molar-refractivity contribution in [1.29, 1.82) is 0 Å². The Hall–Kier alpha value is -6.84. The van der Waals surface area contributed by atoms with Crippen molar-refractivity contribution in [3.05, 3.63) is 90.5 Å².